The van der Waals surface area contributed by atoms with Crippen molar-refractivity contribution in [1.29, 1.82) is 5.26 Å². The number of benzene rings is 2. The van der Waals surface area contributed by atoms with E-state index in [9.17, 15) is 9.18 Å². The first-order valence-corrected chi connectivity index (χ1v) is 10.8. The standard InChI is InChI=1S/C23H16FN3OS2/c24-19-4-1-3-18(11-19)15-27(14-17-8-6-16(12-25)7-9-17)23(28)21-13-26-22(30-21)20-5-2-10-29-20/h1-11,13H,14-15H2. The molecule has 0 N–H and O–H groups in total. The van der Waals surface area contributed by atoms with E-state index in [2.05, 4.69) is 11.1 Å². The number of carbonyl (C=O) groups excluding carboxylic acids is 1. The number of aromatic nitrogens is 1. The van der Waals surface area contributed by atoms with Crippen molar-refractivity contribution in [2.75, 3.05) is 0 Å². The molecule has 7 heteroatoms. The molecule has 148 valence electrons. The molecular formula is C23H16FN3OS2. The maximum absolute atomic E-state index is 13.7. The number of halogens is 1. The van der Waals surface area contributed by atoms with Crippen LogP contribution in [0.5, 0.6) is 0 Å². The van der Waals surface area contributed by atoms with E-state index in [4.69, 9.17) is 5.26 Å². The molecule has 2 aromatic heterocycles. The Bertz CT molecular complexity index is 1190. The number of thiazole rings is 1. The molecule has 4 rings (SSSR count). The fourth-order valence-electron chi connectivity index (χ4n) is 3.00. The topological polar surface area (TPSA) is 57.0 Å². The summed E-state index contributed by atoms with van der Waals surface area (Å²) in [6.07, 6.45) is 1.60. The summed E-state index contributed by atoms with van der Waals surface area (Å²) in [6.45, 7) is 0.607. The van der Waals surface area contributed by atoms with Crippen molar-refractivity contribution in [3.05, 3.63) is 99.6 Å². The van der Waals surface area contributed by atoms with Gasteiger partial charge in [0.05, 0.1) is 22.7 Å². The Balaban J connectivity index is 1.61. The minimum absolute atomic E-state index is 0.163. The Hall–Kier alpha value is -3.34. The average Bonchev–Trinajstić information content (AvgIpc) is 3.45. The summed E-state index contributed by atoms with van der Waals surface area (Å²) in [5.41, 5.74) is 2.16. The van der Waals surface area contributed by atoms with Crippen LogP contribution in [0.1, 0.15) is 26.4 Å². The van der Waals surface area contributed by atoms with Crippen LogP contribution in [0.3, 0.4) is 0 Å². The zero-order valence-electron chi connectivity index (χ0n) is 15.8. The second kappa shape index (κ2) is 8.99. The van der Waals surface area contributed by atoms with Crippen molar-refractivity contribution in [3.8, 4) is 16.0 Å². The van der Waals surface area contributed by atoms with E-state index in [1.807, 2.05) is 29.6 Å². The summed E-state index contributed by atoms with van der Waals surface area (Å²) in [5, 5.41) is 11.8. The van der Waals surface area contributed by atoms with E-state index in [1.54, 1.807) is 46.7 Å². The van der Waals surface area contributed by atoms with E-state index in [1.165, 1.54) is 23.5 Å². The molecule has 0 saturated carbocycles. The van der Waals surface area contributed by atoms with Gasteiger partial charge < -0.3 is 4.90 Å². The van der Waals surface area contributed by atoms with Crippen LogP contribution >= 0.6 is 22.7 Å². The Morgan fingerprint density at radius 2 is 1.87 bits per heavy atom. The van der Waals surface area contributed by atoms with Gasteiger partial charge in [-0.1, -0.05) is 30.3 Å². The van der Waals surface area contributed by atoms with Gasteiger partial charge in [-0.3, -0.25) is 4.79 Å². The van der Waals surface area contributed by atoms with Gasteiger partial charge in [0.25, 0.3) is 5.91 Å². The number of carbonyl (C=O) groups is 1. The lowest BCUT2D eigenvalue weighted by molar-refractivity contribution is 0.0734. The zero-order valence-corrected chi connectivity index (χ0v) is 17.4. The Morgan fingerprint density at radius 3 is 2.57 bits per heavy atom. The number of thiophene rings is 1. The maximum atomic E-state index is 13.7. The molecule has 0 atom stereocenters. The normalized spacial score (nSPS) is 10.5. The van der Waals surface area contributed by atoms with Crippen LogP contribution in [0.15, 0.2) is 72.2 Å². The van der Waals surface area contributed by atoms with E-state index in [-0.39, 0.29) is 18.3 Å². The predicted octanol–water partition coefficient (Wildman–Crippen LogP) is 5.72. The second-order valence-corrected chi connectivity index (χ2v) is 8.59. The molecular weight excluding hydrogens is 417 g/mol. The van der Waals surface area contributed by atoms with Gasteiger partial charge in [-0.2, -0.15) is 5.26 Å². The van der Waals surface area contributed by atoms with Gasteiger partial charge in [0, 0.05) is 13.1 Å². The van der Waals surface area contributed by atoms with Gasteiger partial charge in [0.15, 0.2) is 0 Å². The van der Waals surface area contributed by atoms with Crippen molar-refractivity contribution in [2.45, 2.75) is 13.1 Å². The molecule has 2 aromatic carbocycles. The number of hydrogen-bond acceptors (Lipinski definition) is 5. The highest BCUT2D eigenvalue weighted by Gasteiger charge is 2.20. The van der Waals surface area contributed by atoms with E-state index >= 15 is 0 Å². The Labute approximate surface area is 181 Å². The van der Waals surface area contributed by atoms with Crippen molar-refractivity contribution in [1.82, 2.24) is 9.88 Å². The molecule has 0 unspecified atom stereocenters. The summed E-state index contributed by atoms with van der Waals surface area (Å²) in [4.78, 5) is 20.9. The third-order valence-electron chi connectivity index (χ3n) is 4.45. The lowest BCUT2D eigenvalue weighted by atomic mass is 10.1. The molecule has 0 aliphatic rings. The average molecular weight is 434 g/mol. The van der Waals surface area contributed by atoms with Gasteiger partial charge in [-0.15, -0.1) is 22.7 Å². The SMILES string of the molecule is N#Cc1ccc(CN(Cc2cccc(F)c2)C(=O)c2cnc(-c3cccs3)s2)cc1. The third kappa shape index (κ3) is 4.62. The lowest BCUT2D eigenvalue weighted by Crippen LogP contribution is -2.29. The first kappa shape index (κ1) is 20.0. The summed E-state index contributed by atoms with van der Waals surface area (Å²) in [5.74, 6) is -0.500. The molecule has 0 bridgehead atoms. The Kier molecular flexibility index (Phi) is 5.98. The Morgan fingerprint density at radius 1 is 1.07 bits per heavy atom. The highest BCUT2D eigenvalue weighted by atomic mass is 32.1. The van der Waals surface area contributed by atoms with Crippen molar-refractivity contribution >= 4 is 28.6 Å². The van der Waals surface area contributed by atoms with Gasteiger partial charge >= 0.3 is 0 Å². The molecule has 30 heavy (non-hydrogen) atoms. The molecule has 0 aliphatic heterocycles. The smallest absolute Gasteiger partial charge is 0.266 e. The summed E-state index contributed by atoms with van der Waals surface area (Å²) in [6, 6.07) is 19.4. The molecule has 0 radical (unpaired) electrons. The monoisotopic (exact) mass is 433 g/mol. The van der Waals surface area contributed by atoms with Gasteiger partial charge in [-0.25, -0.2) is 9.37 Å². The highest BCUT2D eigenvalue weighted by Crippen LogP contribution is 2.30. The summed E-state index contributed by atoms with van der Waals surface area (Å²) >= 11 is 2.92. The quantitative estimate of drug-likeness (QED) is 0.390. The fourth-order valence-corrected chi connectivity index (χ4v) is 4.69. The number of rotatable bonds is 6. The predicted molar refractivity (Wildman–Crippen MR) is 117 cm³/mol. The highest BCUT2D eigenvalue weighted by molar-refractivity contribution is 7.21. The van der Waals surface area contributed by atoms with Gasteiger partial charge in [0.2, 0.25) is 0 Å². The second-order valence-electron chi connectivity index (χ2n) is 6.61. The molecule has 4 aromatic rings. The molecule has 0 spiro atoms. The van der Waals surface area contributed by atoms with Crippen LogP contribution in [0.2, 0.25) is 0 Å². The maximum Gasteiger partial charge on any atom is 0.266 e. The van der Waals surface area contributed by atoms with Crippen LogP contribution in [0.4, 0.5) is 4.39 Å². The first-order chi connectivity index (χ1) is 14.6. The summed E-state index contributed by atoms with van der Waals surface area (Å²) in [7, 11) is 0. The van der Waals surface area contributed by atoms with Crippen molar-refractivity contribution in [2.24, 2.45) is 0 Å². The number of nitrogens with zero attached hydrogens (tertiary/aromatic N) is 3. The van der Waals surface area contributed by atoms with Crippen molar-refractivity contribution in [3.63, 3.8) is 0 Å². The van der Waals surface area contributed by atoms with Crippen LogP contribution in [-0.2, 0) is 13.1 Å². The lowest BCUT2D eigenvalue weighted by Gasteiger charge is -2.22. The number of hydrogen-bond donors (Lipinski definition) is 0. The van der Waals surface area contributed by atoms with Gasteiger partial charge in [-0.05, 0) is 46.8 Å². The molecule has 0 saturated heterocycles. The minimum Gasteiger partial charge on any atom is -0.329 e. The largest absolute Gasteiger partial charge is 0.329 e. The van der Waals surface area contributed by atoms with Gasteiger partial charge in [0.1, 0.15) is 15.7 Å². The molecule has 0 aliphatic carbocycles. The zero-order chi connectivity index (χ0) is 20.9. The molecule has 1 amide bonds. The fraction of sp³-hybridized carbons (Fsp3) is 0.0870. The summed E-state index contributed by atoms with van der Waals surface area (Å²) < 4.78 is 13.7. The van der Waals surface area contributed by atoms with Crippen LogP contribution in [0.25, 0.3) is 9.88 Å². The minimum atomic E-state index is -0.337. The van der Waals surface area contributed by atoms with Crippen molar-refractivity contribution < 1.29 is 9.18 Å². The molecule has 4 nitrogen and oxygen atoms in total. The van der Waals surface area contributed by atoms with Crippen LogP contribution in [-0.4, -0.2) is 15.8 Å². The van der Waals surface area contributed by atoms with E-state index < -0.39 is 0 Å². The number of nitriles is 1. The third-order valence-corrected chi connectivity index (χ3v) is 6.48. The van der Waals surface area contributed by atoms with Crippen LogP contribution < -0.4 is 0 Å². The molecule has 2 heterocycles. The van der Waals surface area contributed by atoms with Crippen LogP contribution in [0, 0.1) is 17.1 Å². The first-order valence-electron chi connectivity index (χ1n) is 9.15. The molecule has 0 fully saturated rings. The number of amides is 1. The van der Waals surface area contributed by atoms with E-state index in [0.29, 0.717) is 22.5 Å². The van der Waals surface area contributed by atoms with E-state index in [0.717, 1.165) is 15.4 Å².